The van der Waals surface area contributed by atoms with Crippen LogP contribution < -0.4 is 15.4 Å². The summed E-state index contributed by atoms with van der Waals surface area (Å²) in [4.78, 5) is 25.4. The number of nitrogens with one attached hydrogen (secondary N) is 2. The molecule has 0 unspecified atom stereocenters. The highest BCUT2D eigenvalue weighted by atomic mass is 16.5. The van der Waals surface area contributed by atoms with Crippen LogP contribution in [0.25, 0.3) is 10.9 Å². The van der Waals surface area contributed by atoms with Crippen molar-refractivity contribution in [1.29, 1.82) is 0 Å². The summed E-state index contributed by atoms with van der Waals surface area (Å²) >= 11 is 0. The molecule has 0 aliphatic rings. The topological polar surface area (TPSA) is 89.0 Å². The van der Waals surface area contributed by atoms with Crippen molar-refractivity contribution in [2.45, 2.75) is 0 Å². The molecular weight excluding hydrogens is 354 g/mol. The zero-order valence-corrected chi connectivity index (χ0v) is 15.1. The third-order valence-corrected chi connectivity index (χ3v) is 4.12. The zero-order valence-electron chi connectivity index (χ0n) is 15.1. The van der Waals surface area contributed by atoms with Crippen LogP contribution in [0.15, 0.2) is 73.1 Å². The maximum Gasteiger partial charge on any atom is 0.274 e. The number of aromatic nitrogens is 3. The molecule has 0 aliphatic heterocycles. The summed E-state index contributed by atoms with van der Waals surface area (Å²) in [6.07, 6.45) is 3.27. The van der Waals surface area contributed by atoms with Crippen molar-refractivity contribution < 1.29 is 9.53 Å². The molecule has 28 heavy (non-hydrogen) atoms. The number of methoxy groups -OCH3 is 1. The van der Waals surface area contributed by atoms with E-state index in [-0.39, 0.29) is 11.6 Å². The van der Waals surface area contributed by atoms with Crippen molar-refractivity contribution in [3.05, 3.63) is 78.8 Å². The highest BCUT2D eigenvalue weighted by molar-refractivity contribution is 6.03. The lowest BCUT2D eigenvalue weighted by Crippen LogP contribution is -2.14. The molecule has 138 valence electrons. The van der Waals surface area contributed by atoms with Gasteiger partial charge in [0.05, 0.1) is 18.3 Å². The molecule has 0 atom stereocenters. The second-order valence-corrected chi connectivity index (χ2v) is 5.95. The molecule has 2 heterocycles. The summed E-state index contributed by atoms with van der Waals surface area (Å²) in [7, 11) is 1.59. The molecule has 0 aliphatic carbocycles. The van der Waals surface area contributed by atoms with Gasteiger partial charge in [-0.15, -0.1) is 0 Å². The summed E-state index contributed by atoms with van der Waals surface area (Å²) < 4.78 is 5.11. The summed E-state index contributed by atoms with van der Waals surface area (Å²) in [5.74, 6) is 0.711. The highest BCUT2D eigenvalue weighted by Crippen LogP contribution is 2.23. The van der Waals surface area contributed by atoms with Crippen LogP contribution in [0.1, 0.15) is 10.5 Å². The standard InChI is InChI=1S/C21H17N5O2/c1-28-16-9-7-15(8-10-16)24-20(27)18-11-13-23-21(26-18)25-17-6-2-4-14-5-3-12-22-19(14)17/h2-13H,1H3,(H,24,27)(H,23,25,26). The first-order valence-corrected chi connectivity index (χ1v) is 8.62. The average Bonchev–Trinajstić information content (AvgIpc) is 2.75. The molecule has 0 saturated carbocycles. The first-order valence-electron chi connectivity index (χ1n) is 8.62. The maximum atomic E-state index is 12.5. The molecule has 0 bridgehead atoms. The molecule has 0 fully saturated rings. The monoisotopic (exact) mass is 371 g/mol. The molecule has 2 N–H and O–H groups in total. The van der Waals surface area contributed by atoms with Gasteiger partial charge < -0.3 is 15.4 Å². The highest BCUT2D eigenvalue weighted by Gasteiger charge is 2.11. The fourth-order valence-electron chi connectivity index (χ4n) is 2.74. The van der Waals surface area contributed by atoms with Crippen molar-refractivity contribution in [3.63, 3.8) is 0 Å². The van der Waals surface area contributed by atoms with Gasteiger partial charge in [-0.1, -0.05) is 18.2 Å². The first kappa shape index (κ1) is 17.4. The van der Waals surface area contributed by atoms with Crippen molar-refractivity contribution in [2.24, 2.45) is 0 Å². The number of pyridine rings is 1. The largest absolute Gasteiger partial charge is 0.497 e. The van der Waals surface area contributed by atoms with Gasteiger partial charge in [0.1, 0.15) is 11.4 Å². The number of fused-ring (bicyclic) bond motifs is 1. The Labute approximate surface area is 161 Å². The van der Waals surface area contributed by atoms with Gasteiger partial charge in [0.15, 0.2) is 0 Å². The predicted octanol–water partition coefficient (Wildman–Crippen LogP) is 4.03. The van der Waals surface area contributed by atoms with E-state index in [0.29, 0.717) is 11.6 Å². The van der Waals surface area contributed by atoms with Gasteiger partial charge in [-0.25, -0.2) is 9.97 Å². The molecule has 4 aromatic rings. The van der Waals surface area contributed by atoms with Crippen LogP contribution in [-0.4, -0.2) is 28.0 Å². The van der Waals surface area contributed by atoms with Crippen molar-refractivity contribution in [1.82, 2.24) is 15.0 Å². The number of carbonyl (C=O) groups is 1. The van der Waals surface area contributed by atoms with Gasteiger partial charge in [-0.2, -0.15) is 0 Å². The third-order valence-electron chi connectivity index (χ3n) is 4.12. The Kier molecular flexibility index (Phi) is 4.79. The van der Waals surface area contributed by atoms with Crippen LogP contribution in [0.4, 0.5) is 17.3 Å². The lowest BCUT2D eigenvalue weighted by Gasteiger charge is -2.09. The molecule has 1 amide bonds. The average molecular weight is 371 g/mol. The molecule has 0 saturated heterocycles. The Morgan fingerprint density at radius 3 is 2.57 bits per heavy atom. The molecule has 0 radical (unpaired) electrons. The van der Waals surface area contributed by atoms with E-state index < -0.39 is 0 Å². The summed E-state index contributed by atoms with van der Waals surface area (Å²) in [6, 6.07) is 18.3. The minimum atomic E-state index is -0.327. The Hall–Kier alpha value is -4.00. The number of anilines is 3. The third kappa shape index (κ3) is 3.73. The van der Waals surface area contributed by atoms with Crippen molar-refractivity contribution in [2.75, 3.05) is 17.7 Å². The molecule has 4 rings (SSSR count). The molecule has 7 heteroatoms. The summed E-state index contributed by atoms with van der Waals surface area (Å²) in [5.41, 5.74) is 2.48. The molecule has 0 spiro atoms. The normalized spacial score (nSPS) is 10.5. The van der Waals surface area contributed by atoms with E-state index in [1.54, 1.807) is 43.6 Å². The van der Waals surface area contributed by atoms with Gasteiger partial charge in [-0.3, -0.25) is 9.78 Å². The fourth-order valence-corrected chi connectivity index (χ4v) is 2.74. The van der Waals surface area contributed by atoms with Crippen LogP contribution in [0.5, 0.6) is 5.75 Å². The predicted molar refractivity (Wildman–Crippen MR) is 108 cm³/mol. The van der Waals surface area contributed by atoms with Crippen LogP contribution in [0.2, 0.25) is 0 Å². The van der Waals surface area contributed by atoms with Crippen LogP contribution in [0.3, 0.4) is 0 Å². The second-order valence-electron chi connectivity index (χ2n) is 5.95. The maximum absolute atomic E-state index is 12.5. The molecule has 2 aromatic carbocycles. The van der Waals surface area contributed by atoms with E-state index in [1.165, 1.54) is 6.20 Å². The SMILES string of the molecule is COc1ccc(NC(=O)c2ccnc(Nc3cccc4cccnc34)n2)cc1. The quantitative estimate of drug-likeness (QED) is 0.551. The van der Waals surface area contributed by atoms with E-state index in [4.69, 9.17) is 4.74 Å². The van der Waals surface area contributed by atoms with Gasteiger partial charge in [0, 0.05) is 23.5 Å². The van der Waals surface area contributed by atoms with Gasteiger partial charge >= 0.3 is 0 Å². The number of rotatable bonds is 5. The van der Waals surface area contributed by atoms with E-state index >= 15 is 0 Å². The minimum Gasteiger partial charge on any atom is -0.497 e. The van der Waals surface area contributed by atoms with E-state index in [0.717, 1.165) is 22.3 Å². The number of nitrogens with zero attached hydrogens (tertiary/aromatic N) is 3. The Bertz CT molecular complexity index is 1120. The number of carbonyl (C=O) groups excluding carboxylic acids is 1. The van der Waals surface area contributed by atoms with Crippen molar-refractivity contribution >= 4 is 34.1 Å². The van der Waals surface area contributed by atoms with Crippen LogP contribution in [0, 0.1) is 0 Å². The second kappa shape index (κ2) is 7.71. The Morgan fingerprint density at radius 2 is 1.75 bits per heavy atom. The number of amides is 1. The van der Waals surface area contributed by atoms with Crippen molar-refractivity contribution in [3.8, 4) is 5.75 Å². The van der Waals surface area contributed by atoms with Crippen LogP contribution >= 0.6 is 0 Å². The lowest BCUT2D eigenvalue weighted by atomic mass is 10.2. The lowest BCUT2D eigenvalue weighted by molar-refractivity contribution is 0.102. The molecule has 7 nitrogen and oxygen atoms in total. The Balaban J connectivity index is 1.54. The smallest absolute Gasteiger partial charge is 0.274 e. The number of para-hydroxylation sites is 1. The summed E-state index contributed by atoms with van der Waals surface area (Å²) in [6.45, 7) is 0. The number of hydrogen-bond acceptors (Lipinski definition) is 6. The van der Waals surface area contributed by atoms with Crippen LogP contribution in [-0.2, 0) is 0 Å². The Morgan fingerprint density at radius 1 is 0.929 bits per heavy atom. The molecular formula is C21H17N5O2. The van der Waals surface area contributed by atoms with Gasteiger partial charge in [0.25, 0.3) is 5.91 Å². The minimum absolute atomic E-state index is 0.251. The number of hydrogen-bond donors (Lipinski definition) is 2. The van der Waals surface area contributed by atoms with E-state index in [9.17, 15) is 4.79 Å². The fraction of sp³-hybridized carbons (Fsp3) is 0.0476. The first-order chi connectivity index (χ1) is 13.7. The van der Waals surface area contributed by atoms with Gasteiger partial charge in [0.2, 0.25) is 5.95 Å². The molecule has 2 aromatic heterocycles. The summed E-state index contributed by atoms with van der Waals surface area (Å²) in [5, 5.41) is 6.95. The van der Waals surface area contributed by atoms with E-state index in [1.807, 2.05) is 30.3 Å². The van der Waals surface area contributed by atoms with E-state index in [2.05, 4.69) is 25.6 Å². The number of benzene rings is 2. The van der Waals surface area contributed by atoms with Gasteiger partial charge in [-0.05, 0) is 42.5 Å². The number of ether oxygens (including phenoxy) is 1. The zero-order chi connectivity index (χ0) is 19.3.